The number of rotatable bonds is 1. The Morgan fingerprint density at radius 3 is 2.72 bits per heavy atom. The van der Waals surface area contributed by atoms with Crippen molar-refractivity contribution in [1.29, 1.82) is 0 Å². The molecule has 1 amide bonds. The number of fused-ring (bicyclic) bond motifs is 1. The summed E-state index contributed by atoms with van der Waals surface area (Å²) in [7, 11) is 0. The summed E-state index contributed by atoms with van der Waals surface area (Å²) in [6.45, 7) is 1.04. The number of amides is 1. The van der Waals surface area contributed by atoms with Gasteiger partial charge in [0.25, 0.3) is 5.91 Å². The molecular formula is C17H18ClFN4O2. The number of hydrogen-bond acceptors (Lipinski definition) is 5. The summed E-state index contributed by atoms with van der Waals surface area (Å²) in [4.78, 5) is 18.6. The molecule has 25 heavy (non-hydrogen) atoms. The largest absolute Gasteiger partial charge is 0.459 e. The van der Waals surface area contributed by atoms with Crippen LogP contribution in [0.2, 0.25) is 0 Å². The predicted octanol–water partition coefficient (Wildman–Crippen LogP) is 2.60. The number of aliphatic imine (C=N–C) groups is 1. The van der Waals surface area contributed by atoms with E-state index in [1.54, 1.807) is 29.2 Å². The van der Waals surface area contributed by atoms with E-state index < -0.39 is 5.66 Å². The molecule has 3 heterocycles. The monoisotopic (exact) mass is 364 g/mol. The molecule has 1 spiro atoms. The normalized spacial score (nSPS) is 18.0. The Bertz CT molecular complexity index is 814. The van der Waals surface area contributed by atoms with Crippen LogP contribution in [-0.2, 0) is 0 Å². The maximum Gasteiger partial charge on any atom is 0.289 e. The van der Waals surface area contributed by atoms with E-state index in [4.69, 9.17) is 10.2 Å². The molecule has 2 aromatic rings. The molecule has 132 valence electrons. The van der Waals surface area contributed by atoms with E-state index in [-0.39, 0.29) is 30.0 Å². The summed E-state index contributed by atoms with van der Waals surface area (Å²) in [5, 5.41) is 3.31. The van der Waals surface area contributed by atoms with Gasteiger partial charge in [-0.1, -0.05) is 6.07 Å². The highest BCUT2D eigenvalue weighted by Crippen LogP contribution is 2.35. The molecule has 2 aliphatic rings. The molecule has 3 N–H and O–H groups in total. The Hall–Kier alpha value is -2.54. The Balaban J connectivity index is 0.00000182. The number of carbonyl (C=O) groups is 1. The average Bonchev–Trinajstić information content (AvgIpc) is 3.09. The van der Waals surface area contributed by atoms with Crippen molar-refractivity contribution in [3.63, 3.8) is 0 Å². The number of benzene rings is 1. The standard InChI is InChI=1S/C17H17FN4O2.ClH/c18-11-3-1-4-12-14(11)15(19)21-17(20-12)6-8-22(9-7-17)16(23)13-5-2-10-24-13;/h1-5,10,20H,6-9H2,(H2,19,21);1H. The van der Waals surface area contributed by atoms with Gasteiger partial charge in [-0.2, -0.15) is 0 Å². The lowest BCUT2D eigenvalue weighted by molar-refractivity contribution is 0.0653. The second kappa shape index (κ2) is 6.40. The van der Waals surface area contributed by atoms with Gasteiger partial charge in [0.15, 0.2) is 5.76 Å². The van der Waals surface area contributed by atoms with Crippen LogP contribution in [0.15, 0.2) is 46.0 Å². The molecule has 0 atom stereocenters. The van der Waals surface area contributed by atoms with Crippen molar-refractivity contribution in [2.24, 2.45) is 10.7 Å². The fraction of sp³-hybridized carbons (Fsp3) is 0.294. The van der Waals surface area contributed by atoms with E-state index in [0.717, 1.165) is 0 Å². The van der Waals surface area contributed by atoms with E-state index >= 15 is 0 Å². The maximum atomic E-state index is 13.9. The van der Waals surface area contributed by atoms with E-state index in [1.807, 2.05) is 0 Å². The van der Waals surface area contributed by atoms with Gasteiger partial charge in [0, 0.05) is 31.6 Å². The van der Waals surface area contributed by atoms with E-state index in [2.05, 4.69) is 10.3 Å². The highest BCUT2D eigenvalue weighted by atomic mass is 35.5. The van der Waals surface area contributed by atoms with Crippen molar-refractivity contribution in [2.45, 2.75) is 18.5 Å². The highest BCUT2D eigenvalue weighted by molar-refractivity contribution is 6.04. The molecule has 0 bridgehead atoms. The first-order valence-corrected chi connectivity index (χ1v) is 7.83. The van der Waals surface area contributed by atoms with E-state index in [1.165, 1.54) is 12.3 Å². The predicted molar refractivity (Wildman–Crippen MR) is 94.6 cm³/mol. The lowest BCUT2D eigenvalue weighted by Gasteiger charge is -2.42. The van der Waals surface area contributed by atoms with Gasteiger partial charge in [-0.05, 0) is 24.3 Å². The Labute approximate surface area is 150 Å². The highest BCUT2D eigenvalue weighted by Gasteiger charge is 2.39. The van der Waals surface area contributed by atoms with Crippen molar-refractivity contribution in [2.75, 3.05) is 18.4 Å². The first-order valence-electron chi connectivity index (χ1n) is 7.83. The average molecular weight is 365 g/mol. The third-order valence-corrected chi connectivity index (χ3v) is 4.58. The van der Waals surface area contributed by atoms with Crippen LogP contribution in [0.3, 0.4) is 0 Å². The van der Waals surface area contributed by atoms with Crippen LogP contribution in [-0.4, -0.2) is 35.4 Å². The van der Waals surface area contributed by atoms with Crippen molar-refractivity contribution in [3.8, 4) is 0 Å². The summed E-state index contributed by atoms with van der Waals surface area (Å²) in [6.07, 6.45) is 2.67. The summed E-state index contributed by atoms with van der Waals surface area (Å²) in [5.41, 5.74) is 6.37. The molecule has 0 saturated carbocycles. The van der Waals surface area contributed by atoms with Crippen LogP contribution in [0, 0.1) is 5.82 Å². The van der Waals surface area contributed by atoms with Gasteiger partial charge in [0.1, 0.15) is 17.3 Å². The molecule has 0 unspecified atom stereocenters. The number of hydrogen-bond donors (Lipinski definition) is 2. The number of carbonyl (C=O) groups excluding carboxylic acids is 1. The Kier molecular flexibility index (Phi) is 4.43. The number of halogens is 2. The van der Waals surface area contributed by atoms with Gasteiger partial charge >= 0.3 is 0 Å². The molecule has 8 heteroatoms. The minimum absolute atomic E-state index is 0. The van der Waals surface area contributed by atoms with Gasteiger partial charge < -0.3 is 20.4 Å². The van der Waals surface area contributed by atoms with Crippen LogP contribution >= 0.6 is 12.4 Å². The SMILES string of the molecule is Cl.NC1=NC2(CCN(C(=O)c3ccco3)CC2)Nc2cccc(F)c21. The van der Waals surface area contributed by atoms with Crippen LogP contribution in [0.25, 0.3) is 0 Å². The van der Waals surface area contributed by atoms with Crippen LogP contribution in [0.5, 0.6) is 0 Å². The van der Waals surface area contributed by atoms with Crippen molar-refractivity contribution < 1.29 is 13.6 Å². The smallest absolute Gasteiger partial charge is 0.289 e. The number of nitrogens with two attached hydrogens (primary N) is 1. The first kappa shape index (κ1) is 17.3. The summed E-state index contributed by atoms with van der Waals surface area (Å²) in [5.74, 6) is 0.0150. The summed E-state index contributed by atoms with van der Waals surface area (Å²) >= 11 is 0. The molecule has 4 rings (SSSR count). The number of likely N-dealkylation sites (tertiary alicyclic amines) is 1. The molecule has 1 aromatic heterocycles. The van der Waals surface area contributed by atoms with Gasteiger partial charge in [-0.3, -0.25) is 4.79 Å². The van der Waals surface area contributed by atoms with Crippen molar-refractivity contribution in [1.82, 2.24) is 4.90 Å². The molecular weight excluding hydrogens is 347 g/mol. The lowest BCUT2D eigenvalue weighted by Crippen LogP contribution is -2.52. The number of nitrogens with one attached hydrogen (secondary N) is 1. The lowest BCUT2D eigenvalue weighted by atomic mass is 9.93. The van der Waals surface area contributed by atoms with Crippen molar-refractivity contribution in [3.05, 3.63) is 53.7 Å². The van der Waals surface area contributed by atoms with Crippen LogP contribution < -0.4 is 11.1 Å². The maximum absolute atomic E-state index is 13.9. The number of furan rings is 1. The number of amidine groups is 1. The minimum Gasteiger partial charge on any atom is -0.459 e. The Morgan fingerprint density at radius 2 is 2.04 bits per heavy atom. The quantitative estimate of drug-likeness (QED) is 0.814. The van der Waals surface area contributed by atoms with Crippen LogP contribution in [0.4, 0.5) is 10.1 Å². The van der Waals surface area contributed by atoms with Gasteiger partial charge in [-0.25, -0.2) is 9.38 Å². The summed E-state index contributed by atoms with van der Waals surface area (Å²) in [6, 6.07) is 8.15. The molecule has 2 aliphatic heterocycles. The summed E-state index contributed by atoms with van der Waals surface area (Å²) < 4.78 is 19.1. The second-order valence-corrected chi connectivity index (χ2v) is 6.09. The third-order valence-electron chi connectivity index (χ3n) is 4.58. The van der Waals surface area contributed by atoms with E-state index in [9.17, 15) is 9.18 Å². The van der Waals surface area contributed by atoms with Gasteiger partial charge in [0.05, 0.1) is 11.8 Å². The molecule has 0 aliphatic carbocycles. The van der Waals surface area contributed by atoms with Crippen LogP contribution in [0.1, 0.15) is 29.0 Å². The van der Waals surface area contributed by atoms with Gasteiger partial charge in [0.2, 0.25) is 0 Å². The second-order valence-electron chi connectivity index (χ2n) is 6.09. The molecule has 0 radical (unpaired) electrons. The molecule has 1 saturated heterocycles. The molecule has 1 fully saturated rings. The number of nitrogens with zero attached hydrogens (tertiary/aromatic N) is 2. The van der Waals surface area contributed by atoms with Crippen molar-refractivity contribution >= 4 is 29.8 Å². The Morgan fingerprint density at radius 1 is 1.28 bits per heavy atom. The number of anilines is 1. The molecule has 1 aromatic carbocycles. The zero-order valence-electron chi connectivity index (χ0n) is 13.4. The third kappa shape index (κ3) is 2.95. The number of piperidine rings is 1. The zero-order valence-corrected chi connectivity index (χ0v) is 14.2. The fourth-order valence-electron chi connectivity index (χ4n) is 3.33. The zero-order chi connectivity index (χ0) is 16.7. The fourth-order valence-corrected chi connectivity index (χ4v) is 3.33. The van der Waals surface area contributed by atoms with Gasteiger partial charge in [-0.15, -0.1) is 12.4 Å². The topological polar surface area (TPSA) is 83.9 Å². The molecule has 6 nitrogen and oxygen atoms in total. The van der Waals surface area contributed by atoms with E-state index in [0.29, 0.717) is 42.9 Å². The first-order chi connectivity index (χ1) is 11.6. The minimum atomic E-state index is -0.592.